The normalized spacial score (nSPS) is 10.9. The number of carbonyl (C=O) groups is 2. The number of rotatable bonds is 5. The third kappa shape index (κ3) is 1.90. The molecule has 14 heavy (non-hydrogen) atoms. The van der Waals surface area contributed by atoms with Crippen LogP contribution in [0.5, 0.6) is 0 Å². The third-order valence-electron chi connectivity index (χ3n) is 2.32. The van der Waals surface area contributed by atoms with Crippen molar-refractivity contribution in [3.05, 3.63) is 42.8 Å². The molecule has 0 atom stereocenters. The van der Waals surface area contributed by atoms with E-state index in [1.54, 1.807) is 12.1 Å². The van der Waals surface area contributed by atoms with Gasteiger partial charge in [-0.3, -0.25) is 0 Å². The van der Waals surface area contributed by atoms with Crippen LogP contribution < -0.4 is 0 Å². The number of aldehydes is 2. The summed E-state index contributed by atoms with van der Waals surface area (Å²) in [4.78, 5) is 22.0. The molecular formula is C12H13O2. The molecular weight excluding hydrogens is 176 g/mol. The van der Waals surface area contributed by atoms with Gasteiger partial charge in [0.1, 0.15) is 18.0 Å². The molecule has 0 N–H and O–H groups in total. The second-order valence-electron chi connectivity index (χ2n) is 3.25. The Hall–Kier alpha value is -1.44. The minimum atomic E-state index is -0.997. The van der Waals surface area contributed by atoms with Crippen molar-refractivity contribution in [1.82, 2.24) is 0 Å². The molecule has 0 aliphatic carbocycles. The van der Waals surface area contributed by atoms with Crippen molar-refractivity contribution in [1.29, 1.82) is 0 Å². The molecule has 1 aromatic rings. The zero-order chi connectivity index (χ0) is 10.4. The van der Waals surface area contributed by atoms with Gasteiger partial charge in [-0.05, 0) is 12.0 Å². The van der Waals surface area contributed by atoms with E-state index in [0.29, 0.717) is 25.4 Å². The van der Waals surface area contributed by atoms with Gasteiger partial charge in [0.25, 0.3) is 0 Å². The summed E-state index contributed by atoms with van der Waals surface area (Å²) in [6.45, 7) is 3.67. The Morgan fingerprint density at radius 2 is 1.71 bits per heavy atom. The first kappa shape index (κ1) is 10.6. The quantitative estimate of drug-likeness (QED) is 0.524. The van der Waals surface area contributed by atoms with Crippen molar-refractivity contribution in [3.63, 3.8) is 0 Å². The van der Waals surface area contributed by atoms with Gasteiger partial charge in [0.05, 0.1) is 0 Å². The van der Waals surface area contributed by atoms with Crippen LogP contribution in [0.15, 0.2) is 30.3 Å². The van der Waals surface area contributed by atoms with Crippen LogP contribution in [0.1, 0.15) is 18.4 Å². The fourth-order valence-electron chi connectivity index (χ4n) is 1.47. The van der Waals surface area contributed by atoms with Gasteiger partial charge in [-0.1, -0.05) is 43.7 Å². The molecule has 0 spiro atoms. The maximum Gasteiger partial charge on any atom is 0.137 e. The lowest BCUT2D eigenvalue weighted by atomic mass is 9.79. The monoisotopic (exact) mass is 189 g/mol. The van der Waals surface area contributed by atoms with E-state index in [1.165, 1.54) is 0 Å². The largest absolute Gasteiger partial charge is 0.302 e. The second kappa shape index (κ2) is 4.70. The molecule has 0 saturated heterocycles. The van der Waals surface area contributed by atoms with Crippen LogP contribution in [0.25, 0.3) is 0 Å². The summed E-state index contributed by atoms with van der Waals surface area (Å²) in [6, 6.07) is 9.07. The Labute approximate surface area is 83.9 Å². The maximum atomic E-state index is 11.0. The zero-order valence-electron chi connectivity index (χ0n) is 7.98. The molecule has 2 nitrogen and oxygen atoms in total. The first-order chi connectivity index (χ1) is 6.79. The van der Waals surface area contributed by atoms with Crippen LogP contribution in [0, 0.1) is 6.92 Å². The van der Waals surface area contributed by atoms with E-state index in [9.17, 15) is 9.59 Å². The molecule has 1 aromatic carbocycles. The topological polar surface area (TPSA) is 34.1 Å². The minimum absolute atomic E-state index is 0.462. The molecule has 0 saturated carbocycles. The third-order valence-corrected chi connectivity index (χ3v) is 2.32. The van der Waals surface area contributed by atoms with E-state index in [0.717, 1.165) is 5.56 Å². The van der Waals surface area contributed by atoms with Gasteiger partial charge in [0, 0.05) is 0 Å². The lowest BCUT2D eigenvalue weighted by Gasteiger charge is -2.20. The molecule has 0 aromatic heterocycles. The van der Waals surface area contributed by atoms with Crippen molar-refractivity contribution in [2.75, 3.05) is 0 Å². The van der Waals surface area contributed by atoms with Crippen molar-refractivity contribution in [2.24, 2.45) is 0 Å². The number of benzene rings is 1. The molecule has 73 valence electrons. The summed E-state index contributed by atoms with van der Waals surface area (Å²) >= 11 is 0. The summed E-state index contributed by atoms with van der Waals surface area (Å²) in [5, 5.41) is 0. The zero-order valence-corrected chi connectivity index (χ0v) is 7.98. The number of hydrogen-bond acceptors (Lipinski definition) is 2. The fourth-order valence-corrected chi connectivity index (χ4v) is 1.47. The highest BCUT2D eigenvalue weighted by Gasteiger charge is 2.30. The Kier molecular flexibility index (Phi) is 3.57. The molecule has 0 aliphatic heterocycles. The molecule has 1 rings (SSSR count). The Bertz CT molecular complexity index is 295. The number of hydrogen-bond donors (Lipinski definition) is 0. The van der Waals surface area contributed by atoms with Crippen molar-refractivity contribution < 1.29 is 9.59 Å². The highest BCUT2D eigenvalue weighted by Crippen LogP contribution is 2.24. The lowest BCUT2D eigenvalue weighted by Crippen LogP contribution is -2.29. The Morgan fingerprint density at radius 1 is 1.14 bits per heavy atom. The fraction of sp³-hybridized carbons (Fsp3) is 0.250. The van der Waals surface area contributed by atoms with Crippen molar-refractivity contribution in [2.45, 2.75) is 18.3 Å². The van der Waals surface area contributed by atoms with Crippen LogP contribution in [0.2, 0.25) is 0 Å². The van der Waals surface area contributed by atoms with Gasteiger partial charge < -0.3 is 9.59 Å². The van der Waals surface area contributed by atoms with Crippen LogP contribution in [0.3, 0.4) is 0 Å². The van der Waals surface area contributed by atoms with Crippen LogP contribution in [-0.2, 0) is 15.0 Å². The summed E-state index contributed by atoms with van der Waals surface area (Å²) in [7, 11) is 0. The maximum absolute atomic E-state index is 11.0. The molecule has 2 heteroatoms. The molecule has 0 unspecified atom stereocenters. The average molecular weight is 189 g/mol. The van der Waals surface area contributed by atoms with Gasteiger partial charge in [-0.15, -0.1) is 0 Å². The highest BCUT2D eigenvalue weighted by atomic mass is 16.1. The molecule has 0 aliphatic rings. The molecule has 0 bridgehead atoms. The minimum Gasteiger partial charge on any atom is -0.302 e. The van der Waals surface area contributed by atoms with Gasteiger partial charge >= 0.3 is 0 Å². The predicted molar refractivity (Wildman–Crippen MR) is 54.8 cm³/mol. The SMILES string of the molecule is [CH2]CCC(C=O)(C=O)c1ccccc1. The average Bonchev–Trinajstić information content (AvgIpc) is 2.27. The standard InChI is InChI=1S/C12H13O2/c1-2-8-12(9-13,10-14)11-6-4-3-5-7-11/h3-7,9-10H,1-2,8H2. The van der Waals surface area contributed by atoms with E-state index >= 15 is 0 Å². The van der Waals surface area contributed by atoms with Gasteiger partial charge in [0.15, 0.2) is 0 Å². The second-order valence-corrected chi connectivity index (χ2v) is 3.25. The Morgan fingerprint density at radius 3 is 2.14 bits per heavy atom. The summed E-state index contributed by atoms with van der Waals surface area (Å²) in [5.41, 5.74) is -0.253. The number of carbonyl (C=O) groups excluding carboxylic acids is 2. The van der Waals surface area contributed by atoms with Gasteiger partial charge in [-0.2, -0.15) is 0 Å². The first-order valence-electron chi connectivity index (χ1n) is 4.56. The molecule has 1 radical (unpaired) electrons. The Balaban J connectivity index is 3.10. The predicted octanol–water partition coefficient (Wildman–Crippen LogP) is 1.94. The lowest BCUT2D eigenvalue weighted by molar-refractivity contribution is -0.121. The van der Waals surface area contributed by atoms with E-state index < -0.39 is 5.41 Å². The van der Waals surface area contributed by atoms with Gasteiger partial charge in [-0.25, -0.2) is 0 Å². The summed E-state index contributed by atoms with van der Waals surface area (Å²) in [5.74, 6) is 0. The molecule has 0 amide bonds. The first-order valence-corrected chi connectivity index (χ1v) is 4.56. The van der Waals surface area contributed by atoms with Crippen LogP contribution >= 0.6 is 0 Å². The van der Waals surface area contributed by atoms with Crippen molar-refractivity contribution >= 4 is 12.6 Å². The van der Waals surface area contributed by atoms with E-state index in [4.69, 9.17) is 0 Å². The van der Waals surface area contributed by atoms with E-state index in [-0.39, 0.29) is 0 Å². The molecule has 0 heterocycles. The van der Waals surface area contributed by atoms with E-state index in [2.05, 4.69) is 6.92 Å². The highest BCUT2D eigenvalue weighted by molar-refractivity contribution is 5.91. The smallest absolute Gasteiger partial charge is 0.137 e. The van der Waals surface area contributed by atoms with Crippen LogP contribution in [-0.4, -0.2) is 12.6 Å². The summed E-state index contributed by atoms with van der Waals surface area (Å²) in [6.07, 6.45) is 2.44. The molecule has 0 fully saturated rings. The van der Waals surface area contributed by atoms with Crippen LogP contribution in [0.4, 0.5) is 0 Å². The van der Waals surface area contributed by atoms with E-state index in [1.807, 2.05) is 18.2 Å². The summed E-state index contributed by atoms with van der Waals surface area (Å²) < 4.78 is 0. The van der Waals surface area contributed by atoms with Gasteiger partial charge in [0.2, 0.25) is 0 Å². The van der Waals surface area contributed by atoms with Crippen molar-refractivity contribution in [3.8, 4) is 0 Å².